The van der Waals surface area contributed by atoms with Crippen LogP contribution in [0.4, 0.5) is 10.5 Å². The number of hydrogen-bond acceptors (Lipinski definition) is 5. The molecule has 2 atom stereocenters. The quantitative estimate of drug-likeness (QED) is 0.444. The Morgan fingerprint density at radius 2 is 1.69 bits per heavy atom. The third-order valence-corrected chi connectivity index (χ3v) is 6.45. The fourth-order valence-corrected chi connectivity index (χ4v) is 4.76. The number of carboxylic acids is 1. The van der Waals surface area contributed by atoms with E-state index in [4.69, 9.17) is 9.15 Å². The fraction of sp³-hybridized carbons (Fsp3) is 0.222. The molecule has 0 spiro atoms. The number of anilines is 1. The first-order chi connectivity index (χ1) is 17.0. The van der Waals surface area contributed by atoms with Gasteiger partial charge in [0.15, 0.2) is 0 Å². The van der Waals surface area contributed by atoms with Gasteiger partial charge in [0.05, 0.1) is 17.9 Å². The second kappa shape index (κ2) is 9.50. The van der Waals surface area contributed by atoms with Crippen molar-refractivity contribution < 1.29 is 28.6 Å². The summed E-state index contributed by atoms with van der Waals surface area (Å²) in [6, 6.07) is 17.1. The van der Waals surface area contributed by atoms with Crippen molar-refractivity contribution in [3.8, 4) is 11.1 Å². The minimum absolute atomic E-state index is 0.0793. The molecule has 8 nitrogen and oxygen atoms in total. The van der Waals surface area contributed by atoms with E-state index in [0.29, 0.717) is 6.42 Å². The predicted molar refractivity (Wildman–Crippen MR) is 128 cm³/mol. The average molecular weight is 472 g/mol. The van der Waals surface area contributed by atoms with Crippen molar-refractivity contribution in [2.24, 2.45) is 5.92 Å². The Hall–Kier alpha value is -4.33. The van der Waals surface area contributed by atoms with Crippen LogP contribution in [0.5, 0.6) is 0 Å². The minimum Gasteiger partial charge on any atom is -0.481 e. The van der Waals surface area contributed by atoms with E-state index in [9.17, 15) is 19.5 Å². The maximum absolute atomic E-state index is 12.7. The Bertz CT molecular complexity index is 1260. The molecule has 2 aliphatic rings. The van der Waals surface area contributed by atoms with Crippen molar-refractivity contribution >= 4 is 23.7 Å². The summed E-state index contributed by atoms with van der Waals surface area (Å²) in [7, 11) is 0. The van der Waals surface area contributed by atoms with Crippen molar-refractivity contribution in [2.75, 3.05) is 11.9 Å². The van der Waals surface area contributed by atoms with Gasteiger partial charge in [-0.25, -0.2) is 4.79 Å². The molecule has 2 aromatic carbocycles. The van der Waals surface area contributed by atoms with E-state index in [-0.39, 0.29) is 30.4 Å². The Morgan fingerprint density at radius 1 is 1.00 bits per heavy atom. The summed E-state index contributed by atoms with van der Waals surface area (Å²) >= 11 is 0. The van der Waals surface area contributed by atoms with Crippen molar-refractivity contribution in [3.05, 3.63) is 89.9 Å². The minimum atomic E-state index is -0.899. The van der Waals surface area contributed by atoms with Crippen LogP contribution in [-0.4, -0.2) is 35.7 Å². The molecule has 0 bridgehead atoms. The van der Waals surface area contributed by atoms with Crippen LogP contribution in [0.3, 0.4) is 0 Å². The van der Waals surface area contributed by atoms with Gasteiger partial charge in [-0.1, -0.05) is 60.7 Å². The number of carbonyl (C=O) groups excluding carboxylic acids is 2. The van der Waals surface area contributed by atoms with Gasteiger partial charge in [-0.3, -0.25) is 14.9 Å². The number of carboxylic acid groups (broad SMARTS) is 1. The highest BCUT2D eigenvalue weighted by molar-refractivity contribution is 6.00. The summed E-state index contributed by atoms with van der Waals surface area (Å²) in [5.74, 6) is -2.17. The van der Waals surface area contributed by atoms with Crippen molar-refractivity contribution in [1.29, 1.82) is 0 Å². The molecule has 0 unspecified atom stereocenters. The van der Waals surface area contributed by atoms with Crippen LogP contribution in [0.2, 0.25) is 0 Å². The number of rotatable bonds is 6. The molecule has 0 saturated heterocycles. The molecule has 35 heavy (non-hydrogen) atoms. The van der Waals surface area contributed by atoms with Gasteiger partial charge in [-0.15, -0.1) is 0 Å². The lowest BCUT2D eigenvalue weighted by Gasteiger charge is -2.22. The highest BCUT2D eigenvalue weighted by atomic mass is 16.5. The van der Waals surface area contributed by atoms with Crippen LogP contribution in [0.15, 0.2) is 77.4 Å². The van der Waals surface area contributed by atoms with Gasteiger partial charge in [0.1, 0.15) is 6.61 Å². The molecule has 1 aromatic heterocycles. The molecule has 3 N–H and O–H groups in total. The summed E-state index contributed by atoms with van der Waals surface area (Å²) in [6.45, 7) is 0.142. The van der Waals surface area contributed by atoms with Crippen LogP contribution in [0, 0.1) is 5.92 Å². The lowest BCUT2D eigenvalue weighted by Crippen LogP contribution is -2.38. The molecule has 8 heteroatoms. The molecule has 0 fully saturated rings. The number of aliphatic carboxylic acids is 1. The second-order valence-electron chi connectivity index (χ2n) is 8.63. The number of amides is 2. The first kappa shape index (κ1) is 22.5. The third kappa shape index (κ3) is 4.55. The predicted octanol–water partition coefficient (Wildman–Crippen LogP) is 4.79. The zero-order valence-corrected chi connectivity index (χ0v) is 18.8. The molecule has 0 aliphatic heterocycles. The van der Waals surface area contributed by atoms with Crippen molar-refractivity contribution in [1.82, 2.24) is 5.32 Å². The first-order valence-corrected chi connectivity index (χ1v) is 11.4. The summed E-state index contributed by atoms with van der Waals surface area (Å²) in [5.41, 5.74) is 4.64. The molecule has 3 aromatic rings. The highest BCUT2D eigenvalue weighted by Crippen LogP contribution is 2.44. The molecule has 0 radical (unpaired) electrons. The monoisotopic (exact) mass is 472 g/mol. The molecule has 0 saturated carbocycles. The zero-order valence-electron chi connectivity index (χ0n) is 18.8. The van der Waals surface area contributed by atoms with E-state index in [0.717, 1.165) is 22.3 Å². The largest absolute Gasteiger partial charge is 0.481 e. The van der Waals surface area contributed by atoms with Crippen LogP contribution in [-0.2, 0) is 9.53 Å². The Morgan fingerprint density at radius 3 is 2.37 bits per heavy atom. The van der Waals surface area contributed by atoms with E-state index in [1.165, 1.54) is 12.3 Å². The van der Waals surface area contributed by atoms with E-state index < -0.39 is 29.9 Å². The molecule has 5 rings (SSSR count). The molecule has 2 aliphatic carbocycles. The number of furan rings is 1. The SMILES string of the molecule is O=C(Nc1ccoc1C(=O)N[C@@H]1C=CC[C@@H](C(=O)O)C1)OCC1c2ccccc2-c2ccccc21. The zero-order chi connectivity index (χ0) is 24.4. The topological polar surface area (TPSA) is 118 Å². The van der Waals surface area contributed by atoms with E-state index in [1.54, 1.807) is 12.2 Å². The number of fused-ring (bicyclic) bond motifs is 3. The maximum Gasteiger partial charge on any atom is 0.411 e. The van der Waals surface area contributed by atoms with Crippen LogP contribution >= 0.6 is 0 Å². The fourth-order valence-electron chi connectivity index (χ4n) is 4.76. The van der Waals surface area contributed by atoms with Crippen LogP contribution in [0.25, 0.3) is 11.1 Å². The Balaban J connectivity index is 1.22. The summed E-state index contributed by atoms with van der Waals surface area (Å²) in [4.78, 5) is 36.6. The smallest absolute Gasteiger partial charge is 0.411 e. The standard InChI is InChI=1S/C27H24N2O6/c30-25(28-17-7-5-6-16(14-17)26(31)32)24-23(12-13-34-24)29-27(33)35-15-22-20-10-3-1-8-18(20)19-9-2-4-11-21(19)22/h1-5,7-13,16-17,22H,6,14-15H2,(H,28,30)(H,29,33)(H,31,32)/t16-,17-/m1/s1. The van der Waals surface area contributed by atoms with Gasteiger partial charge in [-0.05, 0) is 35.1 Å². The van der Waals surface area contributed by atoms with Crippen molar-refractivity contribution in [2.45, 2.75) is 24.8 Å². The number of allylic oxidation sites excluding steroid dienone is 1. The maximum atomic E-state index is 12.7. The second-order valence-corrected chi connectivity index (χ2v) is 8.63. The number of benzene rings is 2. The van der Waals surface area contributed by atoms with Crippen molar-refractivity contribution in [3.63, 3.8) is 0 Å². The third-order valence-electron chi connectivity index (χ3n) is 6.45. The van der Waals surface area contributed by atoms with Gasteiger partial charge in [0, 0.05) is 18.0 Å². The van der Waals surface area contributed by atoms with Gasteiger partial charge >= 0.3 is 12.1 Å². The first-order valence-electron chi connectivity index (χ1n) is 11.4. The molecular formula is C27H24N2O6. The van der Waals surface area contributed by atoms with Crippen LogP contribution < -0.4 is 10.6 Å². The van der Waals surface area contributed by atoms with Crippen LogP contribution in [0.1, 0.15) is 40.4 Å². The average Bonchev–Trinajstić information content (AvgIpc) is 3.45. The van der Waals surface area contributed by atoms with E-state index >= 15 is 0 Å². The highest BCUT2D eigenvalue weighted by Gasteiger charge is 2.30. The summed E-state index contributed by atoms with van der Waals surface area (Å²) in [6.07, 6.45) is 4.81. The lowest BCUT2D eigenvalue weighted by atomic mass is 9.91. The van der Waals surface area contributed by atoms with Gasteiger partial charge in [0.25, 0.3) is 5.91 Å². The Labute approximate surface area is 201 Å². The number of hydrogen-bond donors (Lipinski definition) is 3. The number of ether oxygens (including phenoxy) is 1. The van der Waals surface area contributed by atoms with Gasteiger partial charge in [-0.2, -0.15) is 0 Å². The lowest BCUT2D eigenvalue weighted by molar-refractivity contribution is -0.142. The van der Waals surface area contributed by atoms with E-state index in [1.807, 2.05) is 36.4 Å². The molecular weight excluding hydrogens is 448 g/mol. The Kier molecular flexibility index (Phi) is 6.10. The van der Waals surface area contributed by atoms with E-state index in [2.05, 4.69) is 22.8 Å². The van der Waals surface area contributed by atoms with Gasteiger partial charge < -0.3 is 19.6 Å². The summed E-state index contributed by atoms with van der Waals surface area (Å²) in [5, 5.41) is 14.6. The number of carbonyl (C=O) groups is 3. The molecule has 178 valence electrons. The molecule has 2 amide bonds. The number of nitrogens with one attached hydrogen (secondary N) is 2. The molecule has 1 heterocycles. The van der Waals surface area contributed by atoms with Gasteiger partial charge in [0.2, 0.25) is 5.76 Å². The normalized spacial score (nSPS) is 18.4. The summed E-state index contributed by atoms with van der Waals surface area (Å²) < 4.78 is 10.8.